The van der Waals surface area contributed by atoms with Gasteiger partial charge in [-0.15, -0.1) is 0 Å². The van der Waals surface area contributed by atoms with Crippen LogP contribution in [-0.2, 0) is 9.59 Å². The number of carboxylic acids is 2. The van der Waals surface area contributed by atoms with Crippen molar-refractivity contribution in [2.24, 2.45) is 11.5 Å². The predicted molar refractivity (Wildman–Crippen MR) is 47.5 cm³/mol. The monoisotopic (exact) mass is 200 g/mol. The first-order valence-corrected chi connectivity index (χ1v) is 4.02. The molecule has 14 heavy (non-hydrogen) atoms. The highest BCUT2D eigenvalue weighted by molar-refractivity contribution is 5.86. The Kier molecular flexibility index (Phi) is 2.34. The third kappa shape index (κ3) is 1.61. The van der Waals surface area contributed by atoms with Crippen LogP contribution in [0.25, 0.3) is 0 Å². The van der Waals surface area contributed by atoms with E-state index < -0.39 is 23.0 Å². The Morgan fingerprint density at radius 3 is 2.21 bits per heavy atom. The Balaban J connectivity index is 3.00. The molecule has 1 aliphatic carbocycles. The fraction of sp³-hybridized carbons (Fsp3) is 0.500. The zero-order valence-corrected chi connectivity index (χ0v) is 7.43. The van der Waals surface area contributed by atoms with Crippen molar-refractivity contribution in [3.63, 3.8) is 0 Å². The summed E-state index contributed by atoms with van der Waals surface area (Å²) >= 11 is 0. The molecule has 0 spiro atoms. The van der Waals surface area contributed by atoms with Crippen LogP contribution < -0.4 is 11.5 Å². The number of carbonyl (C=O) groups is 2. The van der Waals surface area contributed by atoms with Crippen molar-refractivity contribution in [2.45, 2.75) is 23.9 Å². The lowest BCUT2D eigenvalue weighted by Gasteiger charge is -2.34. The summed E-state index contributed by atoms with van der Waals surface area (Å²) in [4.78, 5) is 21.5. The molecule has 0 bridgehead atoms. The summed E-state index contributed by atoms with van der Waals surface area (Å²) in [6.45, 7) is 0. The normalized spacial score (nSPS) is 36.7. The molecule has 0 heterocycles. The second kappa shape index (κ2) is 3.07. The van der Waals surface area contributed by atoms with Crippen LogP contribution in [-0.4, -0.2) is 33.2 Å². The van der Waals surface area contributed by atoms with E-state index in [0.29, 0.717) is 0 Å². The standard InChI is InChI=1S/C8H12N2O4/c9-7(5(11)12)2-1-3-8(10,4-7)6(13)14/h1-2H,3-4,9-10H2,(H,11,12)(H,13,14). The van der Waals surface area contributed by atoms with Gasteiger partial charge in [0.25, 0.3) is 0 Å². The molecule has 1 aliphatic rings. The highest BCUT2D eigenvalue weighted by atomic mass is 16.4. The zero-order chi connectivity index (χ0) is 11.0. The molecule has 1 rings (SSSR count). The van der Waals surface area contributed by atoms with Crippen LogP contribution in [0.3, 0.4) is 0 Å². The minimum Gasteiger partial charge on any atom is -0.480 e. The molecule has 2 atom stereocenters. The SMILES string of the molecule is NC1(C(=O)O)C=CCC(N)(C(=O)O)C1. The van der Waals surface area contributed by atoms with E-state index in [1.807, 2.05) is 0 Å². The maximum Gasteiger partial charge on any atom is 0.327 e. The van der Waals surface area contributed by atoms with Gasteiger partial charge in [0.15, 0.2) is 0 Å². The minimum atomic E-state index is -1.68. The van der Waals surface area contributed by atoms with Crippen LogP contribution >= 0.6 is 0 Å². The van der Waals surface area contributed by atoms with Gasteiger partial charge in [0.05, 0.1) is 0 Å². The molecule has 0 fully saturated rings. The molecular weight excluding hydrogens is 188 g/mol. The van der Waals surface area contributed by atoms with Crippen LogP contribution in [0.4, 0.5) is 0 Å². The Labute approximate surface area is 80.2 Å². The lowest BCUT2D eigenvalue weighted by Crippen LogP contribution is -2.60. The average molecular weight is 200 g/mol. The van der Waals surface area contributed by atoms with Crippen molar-refractivity contribution in [3.05, 3.63) is 12.2 Å². The molecule has 0 radical (unpaired) electrons. The van der Waals surface area contributed by atoms with Crippen molar-refractivity contribution < 1.29 is 19.8 Å². The van der Waals surface area contributed by atoms with Crippen molar-refractivity contribution >= 4 is 11.9 Å². The fourth-order valence-electron chi connectivity index (χ4n) is 1.44. The van der Waals surface area contributed by atoms with Gasteiger partial charge in [0, 0.05) is 6.42 Å². The van der Waals surface area contributed by atoms with Crippen LogP contribution in [0.15, 0.2) is 12.2 Å². The Hall–Kier alpha value is -1.40. The van der Waals surface area contributed by atoms with Crippen LogP contribution in [0.2, 0.25) is 0 Å². The highest BCUT2D eigenvalue weighted by Gasteiger charge is 2.46. The first kappa shape index (κ1) is 10.7. The van der Waals surface area contributed by atoms with E-state index in [2.05, 4.69) is 0 Å². The Bertz CT molecular complexity index is 314. The molecular formula is C8H12N2O4. The molecule has 6 N–H and O–H groups in total. The molecule has 0 aliphatic heterocycles. The molecule has 0 aromatic carbocycles. The van der Waals surface area contributed by atoms with E-state index in [4.69, 9.17) is 21.7 Å². The molecule has 6 nitrogen and oxygen atoms in total. The van der Waals surface area contributed by atoms with Crippen molar-refractivity contribution in [1.82, 2.24) is 0 Å². The summed E-state index contributed by atoms with van der Waals surface area (Å²) in [6, 6.07) is 0. The predicted octanol–water partition coefficient (Wildman–Crippen LogP) is -1.10. The van der Waals surface area contributed by atoms with E-state index in [-0.39, 0.29) is 12.8 Å². The largest absolute Gasteiger partial charge is 0.480 e. The molecule has 78 valence electrons. The van der Waals surface area contributed by atoms with Crippen LogP contribution in [0, 0.1) is 0 Å². The zero-order valence-electron chi connectivity index (χ0n) is 7.43. The number of aliphatic carboxylic acids is 2. The second-order valence-electron chi connectivity index (χ2n) is 3.59. The quantitative estimate of drug-likeness (QED) is 0.419. The van der Waals surface area contributed by atoms with Gasteiger partial charge in [-0.3, -0.25) is 4.79 Å². The van der Waals surface area contributed by atoms with Gasteiger partial charge in [0.1, 0.15) is 11.1 Å². The molecule has 0 amide bonds. The maximum absolute atomic E-state index is 10.8. The average Bonchev–Trinajstić information content (AvgIpc) is 2.03. The molecule has 0 aromatic heterocycles. The van der Waals surface area contributed by atoms with Gasteiger partial charge in [-0.1, -0.05) is 12.2 Å². The van der Waals surface area contributed by atoms with E-state index in [1.165, 1.54) is 12.2 Å². The van der Waals surface area contributed by atoms with E-state index in [1.54, 1.807) is 0 Å². The van der Waals surface area contributed by atoms with Crippen molar-refractivity contribution in [3.8, 4) is 0 Å². The van der Waals surface area contributed by atoms with E-state index in [0.717, 1.165) is 0 Å². The first-order valence-electron chi connectivity index (χ1n) is 4.02. The number of nitrogens with two attached hydrogens (primary N) is 2. The van der Waals surface area contributed by atoms with Gasteiger partial charge in [-0.05, 0) is 6.42 Å². The van der Waals surface area contributed by atoms with Gasteiger partial charge >= 0.3 is 11.9 Å². The van der Waals surface area contributed by atoms with Crippen LogP contribution in [0.1, 0.15) is 12.8 Å². The molecule has 0 aromatic rings. The van der Waals surface area contributed by atoms with Gasteiger partial charge in [-0.25, -0.2) is 4.79 Å². The summed E-state index contributed by atoms with van der Waals surface area (Å²) in [5.74, 6) is -2.51. The first-order chi connectivity index (χ1) is 6.30. The fourth-order valence-corrected chi connectivity index (χ4v) is 1.44. The summed E-state index contributed by atoms with van der Waals surface area (Å²) < 4.78 is 0. The number of carboxylic acid groups (broad SMARTS) is 2. The summed E-state index contributed by atoms with van der Waals surface area (Å²) in [5, 5.41) is 17.6. The van der Waals surface area contributed by atoms with Gasteiger partial charge in [-0.2, -0.15) is 0 Å². The Morgan fingerprint density at radius 2 is 1.79 bits per heavy atom. The summed E-state index contributed by atoms with van der Waals surface area (Å²) in [5.41, 5.74) is 7.75. The molecule has 0 saturated carbocycles. The number of hydrogen-bond acceptors (Lipinski definition) is 4. The smallest absolute Gasteiger partial charge is 0.327 e. The third-order valence-corrected chi connectivity index (χ3v) is 2.33. The molecule has 6 heteroatoms. The molecule has 2 unspecified atom stereocenters. The van der Waals surface area contributed by atoms with E-state index in [9.17, 15) is 9.59 Å². The number of hydrogen-bond donors (Lipinski definition) is 4. The van der Waals surface area contributed by atoms with Crippen molar-refractivity contribution in [2.75, 3.05) is 0 Å². The molecule has 0 saturated heterocycles. The Morgan fingerprint density at radius 1 is 1.21 bits per heavy atom. The van der Waals surface area contributed by atoms with Gasteiger partial charge in [0.2, 0.25) is 0 Å². The maximum atomic E-state index is 10.8. The minimum absolute atomic E-state index is 0.0918. The van der Waals surface area contributed by atoms with Gasteiger partial charge < -0.3 is 21.7 Å². The summed E-state index contributed by atoms with van der Waals surface area (Å²) in [6.07, 6.45) is 2.46. The summed E-state index contributed by atoms with van der Waals surface area (Å²) in [7, 11) is 0. The van der Waals surface area contributed by atoms with Crippen molar-refractivity contribution in [1.29, 1.82) is 0 Å². The topological polar surface area (TPSA) is 127 Å². The second-order valence-corrected chi connectivity index (χ2v) is 3.59. The third-order valence-electron chi connectivity index (χ3n) is 2.33. The highest BCUT2D eigenvalue weighted by Crippen LogP contribution is 2.27. The number of rotatable bonds is 2. The lowest BCUT2D eigenvalue weighted by molar-refractivity contribution is -0.147. The van der Waals surface area contributed by atoms with Crippen LogP contribution in [0.5, 0.6) is 0 Å². The lowest BCUT2D eigenvalue weighted by atomic mass is 9.76. The van der Waals surface area contributed by atoms with E-state index >= 15 is 0 Å².